The van der Waals surface area contributed by atoms with Crippen molar-refractivity contribution in [1.82, 2.24) is 4.90 Å². The normalized spacial score (nSPS) is 16.9. The molecule has 1 aliphatic heterocycles. The summed E-state index contributed by atoms with van der Waals surface area (Å²) in [6, 6.07) is 3.99. The second-order valence-corrected chi connectivity index (χ2v) is 6.83. The number of nitrogens with zero attached hydrogens (tertiary/aromatic N) is 1. The fourth-order valence-corrected chi connectivity index (χ4v) is 3.33. The maximum Gasteiger partial charge on any atom is 0.321 e. The fraction of sp³-hybridized carbons (Fsp3) is 0.611. The molecule has 0 bridgehead atoms. The molecular formula is C18H28N2O3. The van der Waals surface area contributed by atoms with E-state index in [0.717, 1.165) is 29.7 Å². The number of aryl methyl sites for hydroxylation is 3. The van der Waals surface area contributed by atoms with E-state index in [4.69, 9.17) is 4.74 Å². The van der Waals surface area contributed by atoms with Gasteiger partial charge in [0.1, 0.15) is 0 Å². The van der Waals surface area contributed by atoms with Crippen LogP contribution in [0.4, 0.5) is 10.5 Å². The van der Waals surface area contributed by atoms with Gasteiger partial charge in [0.15, 0.2) is 0 Å². The Morgan fingerprint density at radius 1 is 1.26 bits per heavy atom. The van der Waals surface area contributed by atoms with E-state index in [1.807, 2.05) is 20.8 Å². The van der Waals surface area contributed by atoms with Crippen LogP contribution in [0.5, 0.6) is 0 Å². The molecular weight excluding hydrogens is 292 g/mol. The summed E-state index contributed by atoms with van der Waals surface area (Å²) >= 11 is 0. The van der Waals surface area contributed by atoms with Crippen molar-refractivity contribution < 1.29 is 14.6 Å². The second-order valence-electron chi connectivity index (χ2n) is 6.83. The molecule has 5 heteroatoms. The largest absolute Gasteiger partial charge is 0.396 e. The monoisotopic (exact) mass is 320 g/mol. The summed E-state index contributed by atoms with van der Waals surface area (Å²) < 4.78 is 5.38. The second kappa shape index (κ2) is 7.32. The molecule has 0 atom stereocenters. The number of rotatable bonds is 4. The van der Waals surface area contributed by atoms with E-state index >= 15 is 0 Å². The Hall–Kier alpha value is -1.59. The smallest absolute Gasteiger partial charge is 0.321 e. The van der Waals surface area contributed by atoms with Crippen molar-refractivity contribution in [1.29, 1.82) is 0 Å². The third-order valence-corrected chi connectivity index (χ3v) is 4.72. The van der Waals surface area contributed by atoms with Crippen molar-refractivity contribution in [3.05, 3.63) is 28.8 Å². The van der Waals surface area contributed by atoms with E-state index in [9.17, 15) is 9.90 Å². The van der Waals surface area contributed by atoms with Crippen molar-refractivity contribution in [2.75, 3.05) is 38.7 Å². The molecule has 0 spiro atoms. The van der Waals surface area contributed by atoms with Crippen molar-refractivity contribution >= 4 is 11.7 Å². The van der Waals surface area contributed by atoms with Crippen LogP contribution < -0.4 is 5.32 Å². The first-order valence-electron chi connectivity index (χ1n) is 8.15. The summed E-state index contributed by atoms with van der Waals surface area (Å²) in [5, 5.41) is 12.8. The topological polar surface area (TPSA) is 61.8 Å². The number of carbonyl (C=O) groups excluding carboxylic acids is 1. The molecule has 0 aromatic heterocycles. The number of benzene rings is 1. The molecule has 2 rings (SSSR count). The number of urea groups is 1. The summed E-state index contributed by atoms with van der Waals surface area (Å²) in [6.45, 7) is 7.96. The molecule has 2 N–H and O–H groups in total. The predicted octanol–water partition coefficient (Wildman–Crippen LogP) is 2.86. The highest BCUT2D eigenvalue weighted by Gasteiger charge is 2.34. The maximum absolute atomic E-state index is 12.5. The highest BCUT2D eigenvalue weighted by atomic mass is 16.5. The number of aliphatic hydroxyl groups is 1. The quantitative estimate of drug-likeness (QED) is 0.897. The molecule has 0 radical (unpaired) electrons. The van der Waals surface area contributed by atoms with E-state index < -0.39 is 0 Å². The third kappa shape index (κ3) is 4.24. The molecule has 0 saturated carbocycles. The van der Waals surface area contributed by atoms with E-state index in [-0.39, 0.29) is 18.1 Å². The van der Waals surface area contributed by atoms with Crippen molar-refractivity contribution in [3.8, 4) is 0 Å². The molecule has 128 valence electrons. The molecule has 1 aliphatic rings. The number of hydrogen-bond donors (Lipinski definition) is 2. The van der Waals surface area contributed by atoms with E-state index in [0.29, 0.717) is 19.8 Å². The van der Waals surface area contributed by atoms with Crippen LogP contribution in [0.25, 0.3) is 0 Å². The van der Waals surface area contributed by atoms with Gasteiger partial charge in [0.25, 0.3) is 0 Å². The lowest BCUT2D eigenvalue weighted by molar-refractivity contribution is -0.0255. The average Bonchev–Trinajstić information content (AvgIpc) is 2.51. The highest BCUT2D eigenvalue weighted by molar-refractivity contribution is 5.91. The highest BCUT2D eigenvalue weighted by Crippen LogP contribution is 2.31. The van der Waals surface area contributed by atoms with Gasteiger partial charge in [0.2, 0.25) is 0 Å². The first kappa shape index (κ1) is 17.8. The Morgan fingerprint density at radius 3 is 2.35 bits per heavy atom. The van der Waals surface area contributed by atoms with Gasteiger partial charge in [-0.3, -0.25) is 0 Å². The molecule has 0 aliphatic carbocycles. The minimum absolute atomic E-state index is 0.0799. The van der Waals surface area contributed by atoms with Gasteiger partial charge in [-0.2, -0.15) is 0 Å². The lowest BCUT2D eigenvalue weighted by Gasteiger charge is -2.38. The van der Waals surface area contributed by atoms with Gasteiger partial charge in [0.05, 0.1) is 6.61 Å². The van der Waals surface area contributed by atoms with E-state index in [1.54, 1.807) is 11.9 Å². The Kier molecular flexibility index (Phi) is 5.65. The molecule has 2 amide bonds. The van der Waals surface area contributed by atoms with Gasteiger partial charge < -0.3 is 20.1 Å². The molecule has 1 saturated heterocycles. The molecule has 0 unspecified atom stereocenters. The Balaban J connectivity index is 2.05. The number of ether oxygens (including phenoxy) is 1. The summed E-state index contributed by atoms with van der Waals surface area (Å²) in [4.78, 5) is 14.2. The molecule has 1 aromatic rings. The number of carbonyl (C=O) groups is 1. The summed E-state index contributed by atoms with van der Waals surface area (Å²) in [7, 11) is 1.78. The molecule has 5 nitrogen and oxygen atoms in total. The third-order valence-electron chi connectivity index (χ3n) is 4.72. The molecule has 1 heterocycles. The van der Waals surface area contributed by atoms with Gasteiger partial charge in [-0.05, 0) is 44.7 Å². The zero-order chi connectivity index (χ0) is 17.0. The van der Waals surface area contributed by atoms with Crippen LogP contribution in [0.2, 0.25) is 0 Å². The first-order chi connectivity index (χ1) is 10.9. The SMILES string of the molecule is Cc1cc(C)c(NC(=O)N(C)CC2(CO)CCOCC2)c(C)c1. The Labute approximate surface area is 138 Å². The lowest BCUT2D eigenvalue weighted by Crippen LogP contribution is -2.45. The number of aliphatic hydroxyl groups excluding tert-OH is 1. The van der Waals surface area contributed by atoms with Crippen molar-refractivity contribution in [2.24, 2.45) is 5.41 Å². The number of hydrogen-bond acceptors (Lipinski definition) is 3. The molecule has 1 fully saturated rings. The average molecular weight is 320 g/mol. The van der Waals surface area contributed by atoms with Gasteiger partial charge in [-0.15, -0.1) is 0 Å². The van der Waals surface area contributed by atoms with Gasteiger partial charge in [-0.1, -0.05) is 17.7 Å². The van der Waals surface area contributed by atoms with Gasteiger partial charge in [0, 0.05) is 37.9 Å². The van der Waals surface area contributed by atoms with Crippen molar-refractivity contribution in [2.45, 2.75) is 33.6 Å². The van der Waals surface area contributed by atoms with E-state index in [1.165, 1.54) is 5.56 Å². The Bertz CT molecular complexity index is 542. The number of anilines is 1. The van der Waals surface area contributed by atoms with Crippen LogP contribution in [0.1, 0.15) is 29.5 Å². The van der Waals surface area contributed by atoms with Crippen LogP contribution in [-0.2, 0) is 4.74 Å². The van der Waals surface area contributed by atoms with Crippen LogP contribution in [0, 0.1) is 26.2 Å². The van der Waals surface area contributed by atoms with E-state index in [2.05, 4.69) is 17.4 Å². The van der Waals surface area contributed by atoms with Crippen molar-refractivity contribution in [3.63, 3.8) is 0 Å². The maximum atomic E-state index is 12.5. The zero-order valence-electron chi connectivity index (χ0n) is 14.6. The van der Waals surface area contributed by atoms with Gasteiger partial charge in [-0.25, -0.2) is 4.79 Å². The zero-order valence-corrected chi connectivity index (χ0v) is 14.6. The lowest BCUT2D eigenvalue weighted by atomic mass is 9.80. The molecule has 23 heavy (non-hydrogen) atoms. The van der Waals surface area contributed by atoms with Crippen LogP contribution in [-0.4, -0.2) is 49.5 Å². The summed E-state index contributed by atoms with van der Waals surface area (Å²) in [5.41, 5.74) is 3.94. The fourth-order valence-electron chi connectivity index (χ4n) is 3.33. The minimum atomic E-state index is -0.248. The van der Waals surface area contributed by atoms with Gasteiger partial charge >= 0.3 is 6.03 Å². The molecule has 1 aromatic carbocycles. The Morgan fingerprint density at radius 2 is 1.83 bits per heavy atom. The van der Waals surface area contributed by atoms with Crippen LogP contribution >= 0.6 is 0 Å². The van der Waals surface area contributed by atoms with Crippen LogP contribution in [0.15, 0.2) is 12.1 Å². The van der Waals surface area contributed by atoms with Crippen LogP contribution in [0.3, 0.4) is 0 Å². The summed E-state index contributed by atoms with van der Waals surface area (Å²) in [6.07, 6.45) is 1.56. The summed E-state index contributed by atoms with van der Waals surface area (Å²) in [5.74, 6) is 0. The minimum Gasteiger partial charge on any atom is -0.396 e. The number of nitrogens with one attached hydrogen (secondary N) is 1. The first-order valence-corrected chi connectivity index (χ1v) is 8.15. The number of amides is 2. The predicted molar refractivity (Wildman–Crippen MR) is 91.9 cm³/mol. The standard InChI is InChI=1S/C18H28N2O3/c1-13-9-14(2)16(15(3)10-13)19-17(22)20(4)11-18(12-21)5-7-23-8-6-18/h9-10,21H,5-8,11-12H2,1-4H3,(H,19,22).